The normalized spacial score (nSPS) is 9.29. The van der Waals surface area contributed by atoms with Crippen LogP contribution >= 0.6 is 9.24 Å². The van der Waals surface area contributed by atoms with Crippen LogP contribution in [0.5, 0.6) is 5.75 Å². The lowest BCUT2D eigenvalue weighted by Gasteiger charge is -1.90. The smallest absolute Gasteiger partial charge is 0.269 e. The molecule has 0 saturated heterocycles. The second-order valence-corrected chi connectivity index (χ2v) is 4.20. The van der Waals surface area contributed by atoms with Crippen LogP contribution in [0.4, 0.5) is 5.69 Å². The van der Waals surface area contributed by atoms with Crippen molar-refractivity contribution in [2.45, 2.75) is 32.6 Å². The van der Waals surface area contributed by atoms with Gasteiger partial charge in [0.2, 0.25) is 0 Å². The van der Waals surface area contributed by atoms with Crippen LogP contribution in [0.3, 0.4) is 0 Å². The van der Waals surface area contributed by atoms with Crippen molar-refractivity contribution in [3.63, 3.8) is 0 Å². The van der Waals surface area contributed by atoms with Crippen molar-refractivity contribution in [2.24, 2.45) is 0 Å². The monoisotopic (exact) mass is 257 g/mol. The number of nitro groups is 1. The van der Waals surface area contributed by atoms with E-state index in [9.17, 15) is 10.1 Å². The summed E-state index contributed by atoms with van der Waals surface area (Å²) in [4.78, 5) is 9.52. The molecule has 17 heavy (non-hydrogen) atoms. The quantitative estimate of drug-likeness (QED) is 0.378. The number of nitro benzene ring substituents is 1. The van der Waals surface area contributed by atoms with E-state index in [0.29, 0.717) is 0 Å². The highest BCUT2D eigenvalue weighted by Gasteiger charge is 2.01. The van der Waals surface area contributed by atoms with Gasteiger partial charge in [0.05, 0.1) is 4.92 Å². The highest BCUT2D eigenvalue weighted by Crippen LogP contribution is 2.14. The molecule has 0 fully saturated rings. The maximum atomic E-state index is 10.0. The van der Waals surface area contributed by atoms with Crippen LogP contribution in [-0.2, 0) is 0 Å². The number of rotatable bonds is 5. The van der Waals surface area contributed by atoms with Crippen molar-refractivity contribution in [1.82, 2.24) is 0 Å². The molecule has 4 nitrogen and oxygen atoms in total. The average molecular weight is 257 g/mol. The van der Waals surface area contributed by atoms with Gasteiger partial charge in [0, 0.05) is 12.1 Å². The van der Waals surface area contributed by atoms with Gasteiger partial charge in [0.25, 0.3) is 5.69 Å². The van der Waals surface area contributed by atoms with Crippen LogP contribution in [0.15, 0.2) is 24.3 Å². The first-order chi connectivity index (χ1) is 8.11. The van der Waals surface area contributed by atoms with E-state index >= 15 is 0 Å². The molecule has 0 spiro atoms. The molecule has 0 radical (unpaired) electrons. The number of phenols is 1. The lowest BCUT2D eigenvalue weighted by Crippen LogP contribution is -1.85. The van der Waals surface area contributed by atoms with Crippen molar-refractivity contribution < 1.29 is 10.0 Å². The molecule has 1 aromatic carbocycles. The third-order valence-corrected chi connectivity index (χ3v) is 2.53. The van der Waals surface area contributed by atoms with E-state index in [2.05, 4.69) is 16.2 Å². The number of benzene rings is 1. The van der Waals surface area contributed by atoms with Crippen LogP contribution in [-0.4, -0.2) is 16.2 Å². The summed E-state index contributed by atoms with van der Waals surface area (Å²) in [5, 5.41) is 18.8. The molecule has 0 amide bonds. The SMILES string of the molecule is CCCCCCP.O=[N+]([O-])c1ccc(O)cc1. The van der Waals surface area contributed by atoms with Gasteiger partial charge in [-0.1, -0.05) is 26.2 Å². The van der Waals surface area contributed by atoms with Crippen LogP contribution < -0.4 is 0 Å². The molecule has 96 valence electrons. The Morgan fingerprint density at radius 2 is 1.82 bits per heavy atom. The van der Waals surface area contributed by atoms with Crippen LogP contribution in [0.1, 0.15) is 32.6 Å². The molecule has 1 aromatic rings. The molecule has 0 aliphatic carbocycles. The third-order valence-electron chi connectivity index (χ3n) is 2.12. The Balaban J connectivity index is 0.000000325. The highest BCUT2D eigenvalue weighted by atomic mass is 31.0. The topological polar surface area (TPSA) is 63.4 Å². The fourth-order valence-electron chi connectivity index (χ4n) is 1.15. The molecule has 0 aromatic heterocycles. The molecule has 5 heteroatoms. The van der Waals surface area contributed by atoms with Crippen LogP contribution in [0.25, 0.3) is 0 Å². The molecule has 0 bridgehead atoms. The van der Waals surface area contributed by atoms with E-state index in [1.165, 1.54) is 56.1 Å². The van der Waals surface area contributed by atoms with Gasteiger partial charge in [0.15, 0.2) is 0 Å². The number of non-ortho nitro benzene ring substituents is 1. The zero-order valence-electron chi connectivity index (χ0n) is 10.1. The molecule has 0 heterocycles. The van der Waals surface area contributed by atoms with Gasteiger partial charge in [-0.15, -0.1) is 9.24 Å². The van der Waals surface area contributed by atoms with E-state index < -0.39 is 4.92 Å². The predicted molar refractivity (Wildman–Crippen MR) is 73.5 cm³/mol. The van der Waals surface area contributed by atoms with Gasteiger partial charge < -0.3 is 5.11 Å². The molecule has 0 saturated carbocycles. The number of aromatic hydroxyl groups is 1. The van der Waals surface area contributed by atoms with E-state index in [0.717, 1.165) is 0 Å². The molecule has 1 atom stereocenters. The highest BCUT2D eigenvalue weighted by molar-refractivity contribution is 7.16. The Morgan fingerprint density at radius 3 is 2.24 bits per heavy atom. The summed E-state index contributed by atoms with van der Waals surface area (Å²) < 4.78 is 0. The zero-order chi connectivity index (χ0) is 13.1. The summed E-state index contributed by atoms with van der Waals surface area (Å²) in [6.45, 7) is 2.24. The van der Waals surface area contributed by atoms with Gasteiger partial charge in [-0.2, -0.15) is 0 Å². The Kier molecular flexibility index (Phi) is 9.35. The minimum Gasteiger partial charge on any atom is -0.508 e. The number of phenolic OH excluding ortho intramolecular Hbond substituents is 1. The zero-order valence-corrected chi connectivity index (χ0v) is 11.3. The molecule has 0 aliphatic heterocycles. The first kappa shape index (κ1) is 15.9. The lowest BCUT2D eigenvalue weighted by molar-refractivity contribution is -0.384. The summed E-state index contributed by atoms with van der Waals surface area (Å²) in [6, 6.07) is 5.04. The standard InChI is InChI=1S/C6H5NO3.C6H15P/c8-6-3-1-5(2-4-6)7(9)10;1-2-3-4-5-6-7/h1-4,8H;2-7H2,1H3. The third kappa shape index (κ3) is 8.64. The molecule has 1 N–H and O–H groups in total. The van der Waals surface area contributed by atoms with E-state index in [1.807, 2.05) is 0 Å². The van der Waals surface area contributed by atoms with E-state index in [-0.39, 0.29) is 11.4 Å². The second kappa shape index (κ2) is 10.0. The van der Waals surface area contributed by atoms with Crippen LogP contribution in [0, 0.1) is 10.1 Å². The molecule has 1 rings (SSSR count). The van der Waals surface area contributed by atoms with Gasteiger partial charge in [-0.05, 0) is 24.7 Å². The Bertz CT molecular complexity index is 310. The fourth-order valence-corrected chi connectivity index (χ4v) is 1.43. The fraction of sp³-hybridized carbons (Fsp3) is 0.500. The minimum absolute atomic E-state index is 0.0159. The van der Waals surface area contributed by atoms with Gasteiger partial charge in [-0.3, -0.25) is 10.1 Å². The van der Waals surface area contributed by atoms with Crippen molar-refractivity contribution >= 4 is 14.9 Å². The predicted octanol–water partition coefficient (Wildman–Crippen LogP) is 3.74. The molecular formula is C12H20NO3P. The summed E-state index contributed by atoms with van der Waals surface area (Å²) in [6.07, 6.45) is 6.84. The Morgan fingerprint density at radius 1 is 1.24 bits per heavy atom. The number of unbranched alkanes of at least 4 members (excludes halogenated alkanes) is 3. The molecule has 0 aliphatic rings. The lowest BCUT2D eigenvalue weighted by atomic mass is 10.2. The number of hydrogen-bond donors (Lipinski definition) is 1. The molecule has 1 unspecified atom stereocenters. The van der Waals surface area contributed by atoms with E-state index in [4.69, 9.17) is 5.11 Å². The first-order valence-corrected chi connectivity index (χ1v) is 6.57. The van der Waals surface area contributed by atoms with Crippen molar-refractivity contribution in [3.05, 3.63) is 34.4 Å². The Labute approximate surface area is 104 Å². The van der Waals surface area contributed by atoms with Gasteiger partial charge in [-0.25, -0.2) is 0 Å². The largest absolute Gasteiger partial charge is 0.508 e. The maximum absolute atomic E-state index is 10.0. The summed E-state index contributed by atoms with van der Waals surface area (Å²) >= 11 is 0. The summed E-state index contributed by atoms with van der Waals surface area (Å²) in [7, 11) is 2.75. The van der Waals surface area contributed by atoms with Crippen molar-refractivity contribution in [3.8, 4) is 5.75 Å². The van der Waals surface area contributed by atoms with Crippen molar-refractivity contribution in [1.29, 1.82) is 0 Å². The van der Waals surface area contributed by atoms with Crippen LogP contribution in [0.2, 0.25) is 0 Å². The van der Waals surface area contributed by atoms with Crippen molar-refractivity contribution in [2.75, 3.05) is 6.16 Å². The summed E-state index contributed by atoms with van der Waals surface area (Å²) in [5.41, 5.74) is -0.0159. The molecular weight excluding hydrogens is 237 g/mol. The number of hydrogen-bond acceptors (Lipinski definition) is 3. The average Bonchev–Trinajstić information content (AvgIpc) is 2.31. The first-order valence-electron chi connectivity index (χ1n) is 5.75. The van der Waals surface area contributed by atoms with Gasteiger partial charge in [0.1, 0.15) is 5.75 Å². The minimum atomic E-state index is -0.514. The number of nitrogens with zero attached hydrogens (tertiary/aromatic N) is 1. The second-order valence-electron chi connectivity index (χ2n) is 3.62. The van der Waals surface area contributed by atoms with Gasteiger partial charge >= 0.3 is 0 Å². The maximum Gasteiger partial charge on any atom is 0.269 e. The van der Waals surface area contributed by atoms with E-state index in [1.54, 1.807) is 0 Å². The summed E-state index contributed by atoms with van der Waals surface area (Å²) in [5.74, 6) is 0.0330. The Hall–Kier alpha value is -1.15.